The summed E-state index contributed by atoms with van der Waals surface area (Å²) >= 11 is 1.40. The summed E-state index contributed by atoms with van der Waals surface area (Å²) in [6.07, 6.45) is 2.70. The number of amides is 1. The Morgan fingerprint density at radius 2 is 2.24 bits per heavy atom. The lowest BCUT2D eigenvalue weighted by atomic mass is 10.2. The molecule has 0 saturated heterocycles. The second-order valence-electron chi connectivity index (χ2n) is 4.16. The summed E-state index contributed by atoms with van der Waals surface area (Å²) in [5, 5.41) is 19.0. The SMILES string of the molecule is CNc1cc(C(=O)NC(C)c2nccs2)c([N+](=O)[O-])cn1. The average Bonchev–Trinajstić information content (AvgIpc) is 3.00. The van der Waals surface area contributed by atoms with Crippen LogP contribution >= 0.6 is 11.3 Å². The Labute approximate surface area is 124 Å². The van der Waals surface area contributed by atoms with E-state index in [2.05, 4.69) is 20.6 Å². The Bertz CT molecular complexity index is 659. The molecule has 2 rings (SSSR count). The number of thiazole rings is 1. The van der Waals surface area contributed by atoms with Crippen molar-refractivity contribution >= 4 is 28.7 Å². The van der Waals surface area contributed by atoms with Crippen LogP contribution in [0.1, 0.15) is 28.3 Å². The lowest BCUT2D eigenvalue weighted by Gasteiger charge is -2.11. The molecule has 9 heteroatoms. The van der Waals surface area contributed by atoms with E-state index in [0.29, 0.717) is 5.82 Å². The number of anilines is 1. The summed E-state index contributed by atoms with van der Waals surface area (Å²) in [4.78, 5) is 30.6. The summed E-state index contributed by atoms with van der Waals surface area (Å²) in [6, 6.07) is 1.02. The second-order valence-corrected chi connectivity index (χ2v) is 5.09. The highest BCUT2D eigenvalue weighted by atomic mass is 32.1. The van der Waals surface area contributed by atoms with E-state index in [0.717, 1.165) is 11.2 Å². The van der Waals surface area contributed by atoms with Gasteiger partial charge in [0.05, 0.1) is 11.0 Å². The molecular formula is C12H13N5O3S. The van der Waals surface area contributed by atoms with Crippen molar-refractivity contribution in [1.29, 1.82) is 0 Å². The molecule has 1 atom stereocenters. The zero-order valence-electron chi connectivity index (χ0n) is 11.4. The largest absolute Gasteiger partial charge is 0.373 e. The third-order valence-electron chi connectivity index (χ3n) is 2.75. The van der Waals surface area contributed by atoms with Gasteiger partial charge in [-0.1, -0.05) is 0 Å². The number of nitrogens with zero attached hydrogens (tertiary/aromatic N) is 3. The highest BCUT2D eigenvalue weighted by Crippen LogP contribution is 2.22. The van der Waals surface area contributed by atoms with Crippen LogP contribution in [-0.2, 0) is 0 Å². The van der Waals surface area contributed by atoms with Crippen molar-refractivity contribution in [3.8, 4) is 0 Å². The van der Waals surface area contributed by atoms with Crippen LogP contribution in [0.25, 0.3) is 0 Å². The first-order chi connectivity index (χ1) is 10.0. The smallest absolute Gasteiger partial charge is 0.300 e. The Balaban J connectivity index is 2.27. The van der Waals surface area contributed by atoms with Crippen molar-refractivity contribution in [3.63, 3.8) is 0 Å². The summed E-state index contributed by atoms with van der Waals surface area (Å²) < 4.78 is 0. The molecule has 2 aromatic heterocycles. The predicted octanol–water partition coefficient (Wildman–Crippen LogP) is 1.98. The van der Waals surface area contributed by atoms with Crippen LogP contribution in [0.5, 0.6) is 0 Å². The number of hydrogen-bond donors (Lipinski definition) is 2. The van der Waals surface area contributed by atoms with E-state index in [9.17, 15) is 14.9 Å². The zero-order valence-corrected chi connectivity index (χ0v) is 12.2. The van der Waals surface area contributed by atoms with E-state index < -0.39 is 10.8 Å². The van der Waals surface area contributed by atoms with Crippen LogP contribution in [0.15, 0.2) is 23.8 Å². The molecule has 0 bridgehead atoms. The van der Waals surface area contributed by atoms with Crippen molar-refractivity contribution < 1.29 is 9.72 Å². The van der Waals surface area contributed by atoms with Crippen LogP contribution < -0.4 is 10.6 Å². The van der Waals surface area contributed by atoms with Gasteiger partial charge in [0.2, 0.25) is 0 Å². The maximum absolute atomic E-state index is 12.2. The number of carbonyl (C=O) groups is 1. The molecule has 0 aliphatic heterocycles. The number of carbonyl (C=O) groups excluding carboxylic acids is 1. The maximum atomic E-state index is 12.2. The van der Waals surface area contributed by atoms with Crippen molar-refractivity contribution in [2.24, 2.45) is 0 Å². The number of nitro groups is 1. The minimum absolute atomic E-state index is 0.0391. The van der Waals surface area contributed by atoms with Gasteiger partial charge in [-0.15, -0.1) is 11.3 Å². The molecule has 0 aromatic carbocycles. The molecule has 2 aromatic rings. The normalized spacial score (nSPS) is 11.7. The molecule has 0 radical (unpaired) electrons. The van der Waals surface area contributed by atoms with Crippen molar-refractivity contribution in [2.45, 2.75) is 13.0 Å². The molecule has 0 saturated carbocycles. The van der Waals surface area contributed by atoms with Crippen LogP contribution in [-0.4, -0.2) is 27.8 Å². The lowest BCUT2D eigenvalue weighted by Crippen LogP contribution is -2.27. The minimum atomic E-state index is -0.630. The van der Waals surface area contributed by atoms with E-state index in [1.807, 2.05) is 0 Å². The number of pyridine rings is 1. The Morgan fingerprint density at radius 1 is 1.48 bits per heavy atom. The number of nitrogens with one attached hydrogen (secondary N) is 2. The average molecular weight is 307 g/mol. The van der Waals surface area contributed by atoms with Crippen molar-refractivity contribution in [2.75, 3.05) is 12.4 Å². The zero-order chi connectivity index (χ0) is 15.4. The van der Waals surface area contributed by atoms with Gasteiger partial charge >= 0.3 is 0 Å². The van der Waals surface area contributed by atoms with Gasteiger partial charge in [-0.05, 0) is 6.92 Å². The van der Waals surface area contributed by atoms with Gasteiger partial charge < -0.3 is 10.6 Å². The summed E-state index contributed by atoms with van der Waals surface area (Å²) in [7, 11) is 1.62. The topological polar surface area (TPSA) is 110 Å². The molecule has 1 unspecified atom stereocenters. The number of aromatic nitrogens is 2. The molecule has 0 spiro atoms. The van der Waals surface area contributed by atoms with E-state index >= 15 is 0 Å². The predicted molar refractivity (Wildman–Crippen MR) is 78.4 cm³/mol. The van der Waals surface area contributed by atoms with E-state index in [4.69, 9.17) is 0 Å². The molecule has 0 aliphatic rings. The fourth-order valence-corrected chi connectivity index (χ4v) is 2.34. The Kier molecular flexibility index (Phi) is 4.43. The first kappa shape index (κ1) is 14.9. The first-order valence-corrected chi connectivity index (χ1v) is 6.93. The minimum Gasteiger partial charge on any atom is -0.373 e. The third-order valence-corrected chi connectivity index (χ3v) is 3.71. The van der Waals surface area contributed by atoms with E-state index in [-0.39, 0.29) is 17.3 Å². The Morgan fingerprint density at radius 3 is 2.81 bits per heavy atom. The van der Waals surface area contributed by atoms with Gasteiger partial charge in [0, 0.05) is 24.7 Å². The van der Waals surface area contributed by atoms with Crippen molar-refractivity contribution in [3.05, 3.63) is 44.5 Å². The molecule has 21 heavy (non-hydrogen) atoms. The number of rotatable bonds is 5. The first-order valence-electron chi connectivity index (χ1n) is 6.05. The van der Waals surface area contributed by atoms with Gasteiger partial charge in [-0.25, -0.2) is 9.97 Å². The van der Waals surface area contributed by atoms with Gasteiger partial charge in [0.1, 0.15) is 22.6 Å². The fourth-order valence-electron chi connectivity index (χ4n) is 1.70. The highest BCUT2D eigenvalue weighted by Gasteiger charge is 2.23. The highest BCUT2D eigenvalue weighted by molar-refractivity contribution is 7.09. The van der Waals surface area contributed by atoms with E-state index in [1.54, 1.807) is 25.5 Å². The van der Waals surface area contributed by atoms with Gasteiger partial charge in [-0.3, -0.25) is 14.9 Å². The molecule has 2 heterocycles. The van der Waals surface area contributed by atoms with Crippen LogP contribution in [0.3, 0.4) is 0 Å². The van der Waals surface area contributed by atoms with Gasteiger partial charge in [-0.2, -0.15) is 0 Å². The Hall–Kier alpha value is -2.55. The number of hydrogen-bond acceptors (Lipinski definition) is 7. The molecule has 110 valence electrons. The molecule has 2 N–H and O–H groups in total. The van der Waals surface area contributed by atoms with Crippen LogP contribution in [0.4, 0.5) is 11.5 Å². The molecule has 1 amide bonds. The third kappa shape index (κ3) is 3.31. The summed E-state index contributed by atoms with van der Waals surface area (Å²) in [6.45, 7) is 1.77. The van der Waals surface area contributed by atoms with Crippen LogP contribution in [0.2, 0.25) is 0 Å². The molecule has 0 aliphatic carbocycles. The van der Waals surface area contributed by atoms with Gasteiger partial charge in [0.25, 0.3) is 11.6 Å². The fraction of sp³-hybridized carbons (Fsp3) is 0.250. The quantitative estimate of drug-likeness (QED) is 0.645. The summed E-state index contributed by atoms with van der Waals surface area (Å²) in [5.41, 5.74) is -0.374. The monoisotopic (exact) mass is 307 g/mol. The van der Waals surface area contributed by atoms with Gasteiger partial charge in [0.15, 0.2) is 0 Å². The van der Waals surface area contributed by atoms with Crippen molar-refractivity contribution in [1.82, 2.24) is 15.3 Å². The standard InChI is InChI=1S/C12H13N5O3S/c1-7(12-14-3-4-21-12)16-11(18)8-5-10(13-2)15-6-9(8)17(19)20/h3-7H,1-2H3,(H,13,15)(H,16,18). The summed E-state index contributed by atoms with van der Waals surface area (Å²) in [5.74, 6) is -0.157. The van der Waals surface area contributed by atoms with E-state index in [1.165, 1.54) is 17.4 Å². The lowest BCUT2D eigenvalue weighted by molar-refractivity contribution is -0.385. The molecule has 0 fully saturated rings. The second kappa shape index (κ2) is 6.27. The molecular weight excluding hydrogens is 294 g/mol. The molecule has 8 nitrogen and oxygen atoms in total. The maximum Gasteiger partial charge on any atom is 0.300 e. The van der Waals surface area contributed by atoms with Crippen LogP contribution in [0, 0.1) is 10.1 Å².